The fourth-order valence-electron chi connectivity index (χ4n) is 2.92. The van der Waals surface area contributed by atoms with Gasteiger partial charge < -0.3 is 24.5 Å². The highest BCUT2D eigenvalue weighted by atomic mass is 16.5. The van der Waals surface area contributed by atoms with Crippen molar-refractivity contribution in [1.29, 1.82) is 0 Å². The maximum Gasteiger partial charge on any atom is 0.167 e. The maximum absolute atomic E-state index is 12.2. The van der Waals surface area contributed by atoms with Gasteiger partial charge in [-0.25, -0.2) is 0 Å². The van der Waals surface area contributed by atoms with E-state index < -0.39 is 6.10 Å². The molecule has 2 atom stereocenters. The van der Waals surface area contributed by atoms with Gasteiger partial charge >= 0.3 is 0 Å². The Morgan fingerprint density at radius 3 is 2.57 bits per heavy atom. The van der Waals surface area contributed by atoms with Crippen molar-refractivity contribution in [3.63, 3.8) is 0 Å². The molecule has 2 N–H and O–H groups in total. The van der Waals surface area contributed by atoms with Crippen molar-refractivity contribution in [2.45, 2.75) is 25.9 Å². The van der Waals surface area contributed by atoms with Gasteiger partial charge in [-0.05, 0) is 6.92 Å². The summed E-state index contributed by atoms with van der Waals surface area (Å²) in [5.74, 6) is -1.19. The van der Waals surface area contributed by atoms with Gasteiger partial charge in [-0.15, -0.1) is 0 Å². The minimum absolute atomic E-state index is 0.0416. The van der Waals surface area contributed by atoms with Crippen LogP contribution in [0.5, 0.6) is 17.2 Å². The van der Waals surface area contributed by atoms with Crippen LogP contribution in [0, 0.1) is 5.92 Å². The quantitative estimate of drug-likeness (QED) is 0.825. The normalized spacial score (nSPS) is 21.0. The first-order chi connectivity index (χ1) is 9.90. The molecule has 0 saturated heterocycles. The molecular weight excluding hydrogens is 276 g/mol. The first-order valence-electron chi connectivity index (χ1n) is 6.58. The van der Waals surface area contributed by atoms with Gasteiger partial charge in [0.05, 0.1) is 18.8 Å². The second-order valence-corrected chi connectivity index (χ2v) is 5.19. The Morgan fingerprint density at radius 2 is 2.05 bits per heavy atom. The molecule has 21 heavy (non-hydrogen) atoms. The van der Waals surface area contributed by atoms with E-state index in [2.05, 4.69) is 0 Å². The van der Waals surface area contributed by atoms with Crippen LogP contribution < -0.4 is 4.74 Å². The molecule has 2 rings (SSSR count). The predicted octanol–water partition coefficient (Wildman–Crippen LogP) is 1.98. The standard InChI is InChI=1S/C15H18O6/c1-7(16)4-8-5-9(17)12-10(18)6-11(20-2)14(19)13(12)15(8)21-3/h6,8,15,18-19H,4-5H2,1-3H3/t8-,15+/m1/s1. The van der Waals surface area contributed by atoms with Crippen LogP contribution >= 0.6 is 0 Å². The smallest absolute Gasteiger partial charge is 0.167 e. The minimum atomic E-state index is -0.650. The highest BCUT2D eigenvalue weighted by Gasteiger charge is 2.39. The van der Waals surface area contributed by atoms with Crippen molar-refractivity contribution in [3.05, 3.63) is 17.2 Å². The number of carbonyl (C=O) groups is 2. The van der Waals surface area contributed by atoms with E-state index in [9.17, 15) is 19.8 Å². The molecule has 1 aromatic rings. The van der Waals surface area contributed by atoms with Crippen molar-refractivity contribution < 1.29 is 29.3 Å². The largest absolute Gasteiger partial charge is 0.507 e. The third kappa shape index (κ3) is 2.58. The zero-order chi connectivity index (χ0) is 15.7. The van der Waals surface area contributed by atoms with Crippen LogP contribution in [-0.2, 0) is 9.53 Å². The number of phenolic OH excluding ortho intramolecular Hbond substituents is 2. The van der Waals surface area contributed by atoms with Crippen molar-refractivity contribution in [2.75, 3.05) is 14.2 Å². The molecular formula is C15H18O6. The van der Waals surface area contributed by atoms with E-state index in [0.717, 1.165) is 0 Å². The molecule has 0 heterocycles. The number of ether oxygens (including phenoxy) is 2. The number of aromatic hydroxyl groups is 2. The number of benzene rings is 1. The highest BCUT2D eigenvalue weighted by molar-refractivity contribution is 6.02. The summed E-state index contributed by atoms with van der Waals surface area (Å²) >= 11 is 0. The molecule has 0 aliphatic heterocycles. The van der Waals surface area contributed by atoms with Crippen LogP contribution in [0.25, 0.3) is 0 Å². The van der Waals surface area contributed by atoms with Gasteiger partial charge in [0, 0.05) is 37.5 Å². The predicted molar refractivity (Wildman–Crippen MR) is 73.8 cm³/mol. The van der Waals surface area contributed by atoms with Crippen LogP contribution in [0.3, 0.4) is 0 Å². The molecule has 0 fully saturated rings. The van der Waals surface area contributed by atoms with Gasteiger partial charge in [0.2, 0.25) is 0 Å². The van der Waals surface area contributed by atoms with Crippen molar-refractivity contribution >= 4 is 11.6 Å². The van der Waals surface area contributed by atoms with Gasteiger partial charge in [0.1, 0.15) is 11.5 Å². The lowest BCUT2D eigenvalue weighted by Crippen LogP contribution is -2.28. The molecule has 1 aliphatic rings. The van der Waals surface area contributed by atoms with Gasteiger partial charge in [-0.2, -0.15) is 0 Å². The molecule has 0 bridgehead atoms. The fourth-order valence-corrected chi connectivity index (χ4v) is 2.92. The van der Waals surface area contributed by atoms with Crippen LogP contribution in [0.2, 0.25) is 0 Å². The van der Waals surface area contributed by atoms with Gasteiger partial charge in [-0.1, -0.05) is 0 Å². The zero-order valence-electron chi connectivity index (χ0n) is 12.2. The van der Waals surface area contributed by atoms with E-state index in [1.54, 1.807) is 0 Å². The average Bonchev–Trinajstić information content (AvgIpc) is 2.41. The van der Waals surface area contributed by atoms with Crippen LogP contribution in [0.15, 0.2) is 6.07 Å². The maximum atomic E-state index is 12.2. The third-order valence-electron chi connectivity index (χ3n) is 3.74. The summed E-state index contributed by atoms with van der Waals surface area (Å²) < 4.78 is 10.4. The first kappa shape index (κ1) is 15.3. The molecule has 1 aromatic carbocycles. The van der Waals surface area contributed by atoms with Gasteiger partial charge in [0.25, 0.3) is 0 Å². The fraction of sp³-hybridized carbons (Fsp3) is 0.467. The summed E-state index contributed by atoms with van der Waals surface area (Å²) in [5.41, 5.74) is 0.233. The molecule has 0 radical (unpaired) electrons. The Bertz CT molecular complexity index is 592. The zero-order valence-corrected chi connectivity index (χ0v) is 12.2. The average molecular weight is 294 g/mol. The number of rotatable bonds is 4. The lowest BCUT2D eigenvalue weighted by molar-refractivity contribution is -0.119. The lowest BCUT2D eigenvalue weighted by Gasteiger charge is -2.32. The Hall–Kier alpha value is -2.08. The monoisotopic (exact) mass is 294 g/mol. The second kappa shape index (κ2) is 5.73. The third-order valence-corrected chi connectivity index (χ3v) is 3.74. The molecule has 6 nitrogen and oxygen atoms in total. The molecule has 1 aliphatic carbocycles. The highest BCUT2D eigenvalue weighted by Crippen LogP contribution is 2.49. The SMILES string of the molecule is COc1cc(O)c2c(c1O)[C@@H](OC)[C@H](CC(C)=O)CC2=O. The lowest BCUT2D eigenvalue weighted by atomic mass is 9.77. The number of methoxy groups -OCH3 is 2. The van der Waals surface area contributed by atoms with Crippen LogP contribution in [0.1, 0.15) is 41.8 Å². The minimum Gasteiger partial charge on any atom is -0.507 e. The summed E-state index contributed by atoms with van der Waals surface area (Å²) in [7, 11) is 2.79. The van der Waals surface area contributed by atoms with E-state index in [1.165, 1.54) is 27.2 Å². The van der Waals surface area contributed by atoms with Crippen molar-refractivity contribution in [3.8, 4) is 17.2 Å². The van der Waals surface area contributed by atoms with Gasteiger partial charge in [-0.3, -0.25) is 4.79 Å². The summed E-state index contributed by atoms with van der Waals surface area (Å²) in [6.07, 6.45) is -0.395. The molecule has 0 amide bonds. The number of hydrogen-bond donors (Lipinski definition) is 2. The summed E-state index contributed by atoms with van der Waals surface area (Å²) in [6, 6.07) is 1.20. The van der Waals surface area contributed by atoms with E-state index >= 15 is 0 Å². The van der Waals surface area contributed by atoms with Crippen molar-refractivity contribution in [1.82, 2.24) is 0 Å². The first-order valence-corrected chi connectivity index (χ1v) is 6.58. The van der Waals surface area contributed by atoms with E-state index in [0.29, 0.717) is 0 Å². The summed E-state index contributed by atoms with van der Waals surface area (Å²) in [4.78, 5) is 23.6. The molecule has 0 spiro atoms. The van der Waals surface area contributed by atoms with Crippen LogP contribution in [-0.4, -0.2) is 36.0 Å². The van der Waals surface area contributed by atoms with E-state index in [4.69, 9.17) is 9.47 Å². The number of phenols is 2. The second-order valence-electron chi connectivity index (χ2n) is 5.19. The van der Waals surface area contributed by atoms with Gasteiger partial charge in [0.15, 0.2) is 17.3 Å². The molecule has 6 heteroatoms. The van der Waals surface area contributed by atoms with Crippen molar-refractivity contribution in [2.24, 2.45) is 5.92 Å². The number of carbonyl (C=O) groups excluding carboxylic acids is 2. The number of hydrogen-bond acceptors (Lipinski definition) is 6. The Kier molecular flexibility index (Phi) is 4.18. The Morgan fingerprint density at radius 1 is 1.38 bits per heavy atom. The topological polar surface area (TPSA) is 93.1 Å². The van der Waals surface area contributed by atoms with E-state index in [1.807, 2.05) is 0 Å². The molecule has 114 valence electrons. The van der Waals surface area contributed by atoms with Crippen LogP contribution in [0.4, 0.5) is 0 Å². The number of ketones is 2. The molecule has 0 unspecified atom stereocenters. The number of Topliss-reactive ketones (excluding diaryl/α,β-unsaturated/α-hetero) is 2. The molecule has 0 aromatic heterocycles. The summed E-state index contributed by atoms with van der Waals surface area (Å²) in [6.45, 7) is 1.44. The van der Waals surface area contributed by atoms with E-state index in [-0.39, 0.29) is 58.7 Å². The molecule has 0 saturated carbocycles. The number of fused-ring (bicyclic) bond motifs is 1. The summed E-state index contributed by atoms with van der Waals surface area (Å²) in [5, 5.41) is 20.3. The Labute approximate surface area is 122 Å². The Balaban J connectivity index is 2.62.